The van der Waals surface area contributed by atoms with Gasteiger partial charge in [-0.15, -0.1) is 0 Å². The van der Waals surface area contributed by atoms with Gasteiger partial charge in [-0.1, -0.05) is 59.6 Å². The molecule has 2 aromatic carbocycles. The highest BCUT2D eigenvalue weighted by Gasteiger charge is 2.10. The van der Waals surface area contributed by atoms with Gasteiger partial charge in [-0.25, -0.2) is 4.79 Å². The molecule has 2 rings (SSSR count). The molecule has 84 valence electrons. The highest BCUT2D eigenvalue weighted by atomic mass is 35.5. The summed E-state index contributed by atoms with van der Waals surface area (Å²) in [7, 11) is 0. The van der Waals surface area contributed by atoms with Gasteiger partial charge in [0.25, 0.3) is 0 Å². The first kappa shape index (κ1) is 11.9. The molecule has 0 amide bonds. The lowest BCUT2D eigenvalue weighted by atomic mass is 10.1. The van der Waals surface area contributed by atoms with Crippen molar-refractivity contribution in [1.29, 1.82) is 0 Å². The average Bonchev–Trinajstić information content (AvgIpc) is 2.36. The van der Waals surface area contributed by atoms with E-state index in [9.17, 15) is 4.79 Å². The quantitative estimate of drug-likeness (QED) is 0.574. The predicted octanol–water partition coefficient (Wildman–Crippen LogP) is 4.63. The Hall–Kier alpha value is -1.60. The first-order valence-corrected chi connectivity index (χ1v) is 5.61. The van der Waals surface area contributed by atoms with E-state index in [1.54, 1.807) is 12.1 Å². The minimum Gasteiger partial charge on any atom is -0.211 e. The lowest BCUT2D eigenvalue weighted by Gasteiger charge is -2.07. The van der Waals surface area contributed by atoms with Crippen molar-refractivity contribution in [2.45, 2.75) is 0 Å². The smallest absolute Gasteiger partial charge is 0.211 e. The largest absolute Gasteiger partial charge is 0.240 e. The molecule has 0 bridgehead atoms. The highest BCUT2D eigenvalue weighted by Crippen LogP contribution is 2.39. The molecule has 2 aromatic rings. The fraction of sp³-hybridized carbons (Fsp3) is 0. The number of nitrogens with zero attached hydrogens (tertiary/aromatic N) is 1. The van der Waals surface area contributed by atoms with E-state index in [-0.39, 0.29) is 5.02 Å². The Kier molecular flexibility index (Phi) is 3.60. The summed E-state index contributed by atoms with van der Waals surface area (Å²) < 4.78 is 0. The van der Waals surface area contributed by atoms with Gasteiger partial charge < -0.3 is 0 Å². The summed E-state index contributed by atoms with van der Waals surface area (Å²) >= 11 is 12.2. The Labute approximate surface area is 109 Å². The molecular formula is C13H7Cl2NO. The van der Waals surface area contributed by atoms with Gasteiger partial charge >= 0.3 is 0 Å². The fourth-order valence-corrected chi connectivity index (χ4v) is 1.99. The monoisotopic (exact) mass is 263 g/mol. The van der Waals surface area contributed by atoms with Crippen LogP contribution in [0.3, 0.4) is 0 Å². The molecule has 0 aliphatic heterocycles. The summed E-state index contributed by atoms with van der Waals surface area (Å²) in [5.74, 6) is 0. The first-order valence-electron chi connectivity index (χ1n) is 4.85. The molecule has 4 heteroatoms. The maximum absolute atomic E-state index is 10.2. The molecule has 0 heterocycles. The normalized spacial score (nSPS) is 9.76. The topological polar surface area (TPSA) is 29.4 Å². The van der Waals surface area contributed by atoms with Crippen LogP contribution in [0, 0.1) is 0 Å². The minimum atomic E-state index is 0.261. The molecule has 0 N–H and O–H groups in total. The van der Waals surface area contributed by atoms with Gasteiger partial charge in [0.05, 0.1) is 15.7 Å². The summed E-state index contributed by atoms with van der Waals surface area (Å²) in [4.78, 5) is 13.7. The Morgan fingerprint density at radius 3 is 2.29 bits per heavy atom. The van der Waals surface area contributed by atoms with Crippen LogP contribution in [0.2, 0.25) is 10.0 Å². The van der Waals surface area contributed by atoms with Crippen LogP contribution in [0.1, 0.15) is 0 Å². The van der Waals surface area contributed by atoms with Crippen molar-refractivity contribution >= 4 is 35.0 Å². The number of isocyanates is 1. The van der Waals surface area contributed by atoms with Gasteiger partial charge in [-0.3, -0.25) is 0 Å². The van der Waals surface area contributed by atoms with Crippen LogP contribution in [0.5, 0.6) is 0 Å². The van der Waals surface area contributed by atoms with E-state index < -0.39 is 0 Å². The Morgan fingerprint density at radius 2 is 1.65 bits per heavy atom. The van der Waals surface area contributed by atoms with Crippen molar-refractivity contribution in [2.75, 3.05) is 0 Å². The molecule has 0 saturated carbocycles. The summed E-state index contributed by atoms with van der Waals surface area (Å²) in [6.07, 6.45) is 1.44. The van der Waals surface area contributed by atoms with E-state index in [1.807, 2.05) is 30.3 Å². The second kappa shape index (κ2) is 5.15. The van der Waals surface area contributed by atoms with Gasteiger partial charge in [0.15, 0.2) is 0 Å². The van der Waals surface area contributed by atoms with Crippen LogP contribution in [0.25, 0.3) is 11.1 Å². The molecule has 0 aliphatic rings. The molecule has 0 aliphatic carbocycles. The molecule has 2 nitrogen and oxygen atoms in total. The van der Waals surface area contributed by atoms with E-state index >= 15 is 0 Å². The third kappa shape index (κ3) is 2.40. The van der Waals surface area contributed by atoms with Crippen LogP contribution in [-0.2, 0) is 4.79 Å². The molecule has 17 heavy (non-hydrogen) atoms. The predicted molar refractivity (Wildman–Crippen MR) is 69.7 cm³/mol. The number of halogens is 2. The summed E-state index contributed by atoms with van der Waals surface area (Å²) in [6.45, 7) is 0. The summed E-state index contributed by atoms with van der Waals surface area (Å²) in [5, 5.41) is 0.644. The van der Waals surface area contributed by atoms with Crippen LogP contribution in [0.15, 0.2) is 47.5 Å². The van der Waals surface area contributed by atoms with E-state index in [0.717, 1.165) is 11.1 Å². The van der Waals surface area contributed by atoms with Crippen molar-refractivity contribution in [3.8, 4) is 11.1 Å². The Bertz CT molecular complexity index is 590. The van der Waals surface area contributed by atoms with Crippen molar-refractivity contribution in [3.63, 3.8) is 0 Å². The summed E-state index contributed by atoms with van der Waals surface area (Å²) in [6, 6.07) is 13.0. The van der Waals surface area contributed by atoms with Gasteiger partial charge in [0.1, 0.15) is 0 Å². The van der Waals surface area contributed by atoms with Gasteiger partial charge in [0.2, 0.25) is 6.08 Å². The van der Waals surface area contributed by atoms with Crippen LogP contribution in [-0.4, -0.2) is 6.08 Å². The number of aliphatic imine (C=N–C) groups is 1. The van der Waals surface area contributed by atoms with Crippen LogP contribution >= 0.6 is 23.2 Å². The van der Waals surface area contributed by atoms with Crippen molar-refractivity contribution in [3.05, 3.63) is 52.5 Å². The van der Waals surface area contributed by atoms with Crippen molar-refractivity contribution < 1.29 is 4.79 Å². The number of carbonyl (C=O) groups excluding carboxylic acids is 1. The maximum atomic E-state index is 10.2. The molecule has 0 atom stereocenters. The van der Waals surface area contributed by atoms with Crippen molar-refractivity contribution in [2.24, 2.45) is 4.99 Å². The molecule has 0 aromatic heterocycles. The molecular weight excluding hydrogens is 257 g/mol. The summed E-state index contributed by atoms with van der Waals surface area (Å²) in [5.41, 5.74) is 2.09. The lowest BCUT2D eigenvalue weighted by Crippen LogP contribution is -1.81. The third-order valence-corrected chi connectivity index (χ3v) is 3.18. The average molecular weight is 264 g/mol. The molecule has 0 radical (unpaired) electrons. The minimum absolute atomic E-state index is 0.261. The highest BCUT2D eigenvalue weighted by molar-refractivity contribution is 6.45. The molecule has 0 fully saturated rings. The molecule has 0 saturated heterocycles. The van der Waals surface area contributed by atoms with E-state index in [1.165, 1.54) is 6.08 Å². The Morgan fingerprint density at radius 1 is 0.941 bits per heavy atom. The number of hydrogen-bond acceptors (Lipinski definition) is 2. The van der Waals surface area contributed by atoms with Gasteiger partial charge in [-0.05, 0) is 11.6 Å². The van der Waals surface area contributed by atoms with Gasteiger partial charge in [-0.2, -0.15) is 4.99 Å². The first-order chi connectivity index (χ1) is 8.24. The zero-order chi connectivity index (χ0) is 12.3. The number of benzene rings is 2. The van der Waals surface area contributed by atoms with Gasteiger partial charge in [0, 0.05) is 5.56 Å². The van der Waals surface area contributed by atoms with E-state index in [2.05, 4.69) is 4.99 Å². The number of rotatable bonds is 2. The molecule has 0 unspecified atom stereocenters. The second-order valence-corrected chi connectivity index (χ2v) is 4.09. The number of hydrogen-bond donors (Lipinski definition) is 0. The van der Waals surface area contributed by atoms with E-state index in [0.29, 0.717) is 10.7 Å². The zero-order valence-corrected chi connectivity index (χ0v) is 10.2. The van der Waals surface area contributed by atoms with Crippen LogP contribution < -0.4 is 0 Å². The zero-order valence-electron chi connectivity index (χ0n) is 8.65. The second-order valence-electron chi connectivity index (χ2n) is 3.33. The van der Waals surface area contributed by atoms with Crippen LogP contribution in [0.4, 0.5) is 5.69 Å². The standard InChI is InChI=1S/C13H7Cl2NO/c14-12-10(9-4-2-1-3-5-9)6-7-11(13(12)15)16-8-17/h1-7H. The third-order valence-electron chi connectivity index (χ3n) is 2.31. The Balaban J connectivity index is 2.59. The maximum Gasteiger partial charge on any atom is 0.240 e. The molecule has 0 spiro atoms. The fourth-order valence-electron chi connectivity index (χ4n) is 1.52. The van der Waals surface area contributed by atoms with E-state index in [4.69, 9.17) is 23.2 Å². The SMILES string of the molecule is O=C=Nc1ccc(-c2ccccc2)c(Cl)c1Cl. The lowest BCUT2D eigenvalue weighted by molar-refractivity contribution is 0.565. The van der Waals surface area contributed by atoms with Crippen molar-refractivity contribution in [1.82, 2.24) is 0 Å².